The number of ether oxygens (including phenoxy) is 1. The maximum Gasteiger partial charge on any atom is 0.338 e. The Balaban J connectivity index is 0.000000158. The number of anilines is 4. The molecule has 4 saturated carbocycles. The molecule has 0 aromatic carbocycles. The number of halogens is 8. The van der Waals surface area contributed by atoms with Crippen molar-refractivity contribution in [3.8, 4) is 29.3 Å². The van der Waals surface area contributed by atoms with Crippen LogP contribution in [0.25, 0.3) is 23.3 Å². The van der Waals surface area contributed by atoms with E-state index in [1.165, 1.54) is 12.1 Å². The highest BCUT2D eigenvalue weighted by Gasteiger charge is 2.39. The Morgan fingerprint density at radius 1 is 0.471 bits per heavy atom. The number of aromatic carboxylic acids is 1. The average molecular weight is 1420 g/mol. The molecule has 0 spiro atoms. The molecular formula is C72H89F8N17O5. The number of nitrogens with one attached hydrogen (secondary N) is 4. The summed E-state index contributed by atoms with van der Waals surface area (Å²) in [5.41, 5.74) is 7.44. The van der Waals surface area contributed by atoms with Crippen LogP contribution in [0.5, 0.6) is 0 Å². The molecule has 0 aliphatic heterocycles. The topological polar surface area (TPSA) is 279 Å². The Kier molecular flexibility index (Phi) is 23.9. The quantitative estimate of drug-likeness (QED) is 0.0387. The van der Waals surface area contributed by atoms with Gasteiger partial charge in [-0.2, -0.15) is 25.7 Å². The van der Waals surface area contributed by atoms with E-state index in [0.717, 1.165) is 45.6 Å². The van der Waals surface area contributed by atoms with E-state index >= 15 is 0 Å². The number of aromatic nitrogens is 12. The van der Waals surface area contributed by atoms with Gasteiger partial charge in [0.25, 0.3) is 0 Å². The summed E-state index contributed by atoms with van der Waals surface area (Å²) >= 11 is 0. The normalized spacial score (nSPS) is 17.5. The molecule has 0 saturated heterocycles. The van der Waals surface area contributed by atoms with Gasteiger partial charge in [0.1, 0.15) is 23.3 Å². The molecule has 22 nitrogen and oxygen atoms in total. The number of carbonyl (C=O) groups excluding carboxylic acids is 1. The maximum absolute atomic E-state index is 13.4. The zero-order valence-corrected chi connectivity index (χ0v) is 59.2. The molecule has 8 aromatic rings. The lowest BCUT2D eigenvalue weighted by Gasteiger charge is -2.29. The van der Waals surface area contributed by atoms with Crippen molar-refractivity contribution in [1.29, 1.82) is 5.26 Å². The van der Waals surface area contributed by atoms with Crippen molar-refractivity contribution in [2.45, 2.75) is 232 Å². The molecule has 548 valence electrons. The SMILES string of the molecule is CCOC(=O)c1cc(NC2CCC(F)(F)CC2)nc(-n2nc(C)cc2C)c1.Cc1cc(C)n(-c2cc(C#N)cc(NC3CCC(F)(F)CC3)n2)n1.Cc1cc(C)n(-c2cc(C(=O)O)cc(NC3CCC(F)(F)CC3)n2)n1.Cc1cc(C)n(-c2cc(C(C)(C)O)cc(NC3CCC(F)(F)CC3)n2)n1. The summed E-state index contributed by atoms with van der Waals surface area (Å²) in [5, 5.41) is 59.4. The van der Waals surface area contributed by atoms with E-state index in [9.17, 15) is 60.2 Å². The van der Waals surface area contributed by atoms with Crippen molar-refractivity contribution in [1.82, 2.24) is 59.1 Å². The Labute approximate surface area is 587 Å². The minimum Gasteiger partial charge on any atom is -0.478 e. The average Bonchev–Trinajstić information content (AvgIpc) is 1.56. The van der Waals surface area contributed by atoms with Crippen LogP contribution in [0.2, 0.25) is 0 Å². The van der Waals surface area contributed by atoms with Crippen LogP contribution in [0.3, 0.4) is 0 Å². The van der Waals surface area contributed by atoms with Crippen LogP contribution in [-0.2, 0) is 10.3 Å². The van der Waals surface area contributed by atoms with Crippen molar-refractivity contribution < 1.29 is 59.7 Å². The molecular weight excluding hydrogens is 1330 g/mol. The monoisotopic (exact) mass is 1420 g/mol. The highest BCUT2D eigenvalue weighted by molar-refractivity contribution is 5.91. The van der Waals surface area contributed by atoms with E-state index in [-0.39, 0.29) is 87.7 Å². The van der Waals surface area contributed by atoms with Crippen LogP contribution in [0.1, 0.15) is 201 Å². The lowest BCUT2D eigenvalue weighted by atomic mass is 9.92. The number of pyridine rings is 4. The smallest absolute Gasteiger partial charge is 0.338 e. The van der Waals surface area contributed by atoms with Gasteiger partial charge in [-0.15, -0.1) is 0 Å². The third-order valence-corrected chi connectivity index (χ3v) is 18.0. The summed E-state index contributed by atoms with van der Waals surface area (Å²) < 4.78 is 118. The molecule has 102 heavy (non-hydrogen) atoms. The first kappa shape index (κ1) is 76.6. The molecule has 12 rings (SSSR count). The van der Waals surface area contributed by atoms with Gasteiger partial charge in [-0.05, 0) is 200 Å². The number of hydrogen-bond acceptors (Lipinski definition) is 17. The number of alkyl halides is 8. The fraction of sp³-hybridized carbons (Fsp3) is 0.514. The molecule has 8 aromatic heterocycles. The van der Waals surface area contributed by atoms with E-state index in [1.54, 1.807) is 75.9 Å². The number of esters is 1. The first-order valence-corrected chi connectivity index (χ1v) is 34.2. The molecule has 30 heteroatoms. The van der Waals surface area contributed by atoms with Gasteiger partial charge in [-0.25, -0.2) is 83.4 Å². The van der Waals surface area contributed by atoms with Crippen molar-refractivity contribution in [2.24, 2.45) is 0 Å². The minimum absolute atomic E-state index is 0.0486. The van der Waals surface area contributed by atoms with E-state index in [0.29, 0.717) is 115 Å². The Hall–Kier alpha value is -9.53. The van der Waals surface area contributed by atoms with Crippen molar-refractivity contribution in [2.75, 3.05) is 27.9 Å². The van der Waals surface area contributed by atoms with Gasteiger partial charge in [-0.3, -0.25) is 0 Å². The van der Waals surface area contributed by atoms with Crippen LogP contribution < -0.4 is 21.3 Å². The molecule has 0 atom stereocenters. The number of aliphatic hydroxyl groups is 1. The van der Waals surface area contributed by atoms with Gasteiger partial charge in [0.2, 0.25) is 23.7 Å². The predicted molar refractivity (Wildman–Crippen MR) is 370 cm³/mol. The first-order valence-electron chi connectivity index (χ1n) is 34.2. The Bertz CT molecular complexity index is 4270. The number of rotatable bonds is 16. The van der Waals surface area contributed by atoms with E-state index in [2.05, 4.69) is 67.7 Å². The molecule has 4 aliphatic rings. The van der Waals surface area contributed by atoms with E-state index in [4.69, 9.17) is 4.74 Å². The number of hydrogen-bond donors (Lipinski definition) is 6. The van der Waals surface area contributed by atoms with E-state index < -0.39 is 41.2 Å². The van der Waals surface area contributed by atoms with Gasteiger partial charge < -0.3 is 36.2 Å². The second-order valence-electron chi connectivity index (χ2n) is 27.5. The standard InChI is InChI=1S/C19H24F2N4O2.C19H26F2N4O.C17H19F2N5.C17H20F2N4O2/c1-4-27-18(26)14-10-16(22-15-5-7-19(20,21)8-6-15)23-17(11-14)25-13(3)9-12(2)24-25;1-12-9-13(2)25(24-12)17-11-14(18(3,4)26)10-16(23-17)22-15-5-7-19(20,21)8-6-15;1-11-7-12(2)24(23-11)16-9-13(10-20)8-15(22-16)21-14-3-5-17(18,19)6-4-14;1-10-7-11(2)23(22-10)15-9-12(16(24)25)8-14(21-15)20-13-3-5-17(18,19)6-4-13/h9-11,15H,4-8H2,1-3H3,(H,22,23);9-11,15,26H,5-8H2,1-4H3,(H,22,23);7-9,14H,3-6H2,1-2H3,(H,21,22);7-9,13H,3-6H2,1-2H3,(H,20,21)(H,24,25). The van der Waals surface area contributed by atoms with Gasteiger partial charge >= 0.3 is 11.9 Å². The highest BCUT2D eigenvalue weighted by Crippen LogP contribution is 2.39. The molecule has 4 fully saturated rings. The number of carbonyl (C=O) groups is 2. The lowest BCUT2D eigenvalue weighted by Crippen LogP contribution is -2.32. The molecule has 0 bridgehead atoms. The first-order chi connectivity index (χ1) is 47.9. The van der Waals surface area contributed by atoms with Gasteiger partial charge in [0.15, 0.2) is 23.3 Å². The number of nitrogens with zero attached hydrogens (tertiary/aromatic N) is 13. The Morgan fingerprint density at radius 3 is 1.04 bits per heavy atom. The zero-order valence-electron chi connectivity index (χ0n) is 59.2. The van der Waals surface area contributed by atoms with Gasteiger partial charge in [0, 0.05) is 104 Å². The van der Waals surface area contributed by atoms with Crippen LogP contribution in [0.4, 0.5) is 58.4 Å². The fourth-order valence-electron chi connectivity index (χ4n) is 12.7. The number of carboxylic acid groups (broad SMARTS) is 1. The largest absolute Gasteiger partial charge is 0.478 e. The maximum atomic E-state index is 13.4. The second kappa shape index (κ2) is 31.8. The summed E-state index contributed by atoms with van der Waals surface area (Å²) in [6, 6.07) is 22.4. The molecule has 6 N–H and O–H groups in total. The lowest BCUT2D eigenvalue weighted by molar-refractivity contribution is -0.0366. The third kappa shape index (κ3) is 21.1. The van der Waals surface area contributed by atoms with Crippen LogP contribution in [-0.4, -0.2) is 136 Å². The third-order valence-electron chi connectivity index (χ3n) is 18.0. The highest BCUT2D eigenvalue weighted by atomic mass is 19.3. The molecule has 0 amide bonds. The number of aryl methyl sites for hydroxylation is 8. The summed E-state index contributed by atoms with van der Waals surface area (Å²) in [7, 11) is 0. The Morgan fingerprint density at radius 2 is 0.755 bits per heavy atom. The summed E-state index contributed by atoms with van der Waals surface area (Å²) in [6.45, 7) is 20.5. The zero-order chi connectivity index (χ0) is 74.2. The van der Waals surface area contributed by atoms with Crippen molar-refractivity contribution in [3.63, 3.8) is 0 Å². The summed E-state index contributed by atoms with van der Waals surface area (Å²) in [5.74, 6) is -7.94. The van der Waals surface area contributed by atoms with Crippen molar-refractivity contribution in [3.05, 3.63) is 141 Å². The summed E-state index contributed by atoms with van der Waals surface area (Å²) in [4.78, 5) is 41.8. The minimum atomic E-state index is -2.61. The number of carboxylic acids is 1. The molecule has 0 radical (unpaired) electrons. The van der Waals surface area contributed by atoms with Gasteiger partial charge in [-0.1, -0.05) is 0 Å². The van der Waals surface area contributed by atoms with Crippen LogP contribution in [0, 0.1) is 66.7 Å². The number of nitriles is 1. The van der Waals surface area contributed by atoms with Gasteiger partial charge in [0.05, 0.1) is 57.7 Å². The molecule has 4 aliphatic carbocycles. The molecule has 8 heterocycles. The fourth-order valence-corrected chi connectivity index (χ4v) is 12.7. The van der Waals surface area contributed by atoms with E-state index in [1.807, 2.05) is 79.7 Å². The summed E-state index contributed by atoms with van der Waals surface area (Å²) in [6.07, 6.45) is 1.83. The van der Waals surface area contributed by atoms with Crippen molar-refractivity contribution >= 4 is 35.2 Å². The second-order valence-corrected chi connectivity index (χ2v) is 27.5. The van der Waals surface area contributed by atoms with Crippen LogP contribution in [0.15, 0.2) is 72.8 Å². The molecule has 0 unspecified atom stereocenters. The predicted octanol–water partition coefficient (Wildman–Crippen LogP) is 15.5. The van der Waals surface area contributed by atoms with Crippen LogP contribution >= 0.6 is 0 Å².